The molecule has 1 heterocycles. The van der Waals surface area contributed by atoms with Crippen LogP contribution < -0.4 is 10.9 Å². The number of halogens is 1. The summed E-state index contributed by atoms with van der Waals surface area (Å²) < 4.78 is 7.02. The summed E-state index contributed by atoms with van der Waals surface area (Å²) in [6.07, 6.45) is 1.63. The number of pyridine rings is 1. The summed E-state index contributed by atoms with van der Waals surface area (Å²) >= 11 is 5.90. The number of hydrogen-bond donors (Lipinski definition) is 1. The maximum Gasteiger partial charge on any atom is 0.250 e. The van der Waals surface area contributed by atoms with Crippen LogP contribution in [-0.2, 0) is 16.1 Å². The Morgan fingerprint density at radius 1 is 1.25 bits per heavy atom. The van der Waals surface area contributed by atoms with E-state index in [1.807, 2.05) is 19.1 Å². The van der Waals surface area contributed by atoms with Gasteiger partial charge in [0.05, 0.1) is 6.04 Å². The predicted molar refractivity (Wildman–Crippen MR) is 94.1 cm³/mol. The van der Waals surface area contributed by atoms with E-state index in [-0.39, 0.29) is 30.0 Å². The van der Waals surface area contributed by atoms with E-state index >= 15 is 0 Å². The fourth-order valence-corrected chi connectivity index (χ4v) is 2.68. The minimum absolute atomic E-state index is 0.116. The number of nitrogens with zero attached hydrogens (tertiary/aromatic N) is 1. The van der Waals surface area contributed by atoms with Gasteiger partial charge in [-0.25, -0.2) is 0 Å². The van der Waals surface area contributed by atoms with Crippen molar-refractivity contribution < 1.29 is 9.53 Å². The molecular weight excluding hydrogens is 328 g/mol. The van der Waals surface area contributed by atoms with Gasteiger partial charge < -0.3 is 14.6 Å². The predicted octanol–water partition coefficient (Wildman–Crippen LogP) is 2.78. The number of hydrogen-bond acceptors (Lipinski definition) is 3. The quantitative estimate of drug-likeness (QED) is 0.837. The summed E-state index contributed by atoms with van der Waals surface area (Å²) in [6.45, 7) is 2.23. The molecule has 0 saturated heterocycles. The lowest BCUT2D eigenvalue weighted by Crippen LogP contribution is -2.38. The fraction of sp³-hybridized carbons (Fsp3) is 0.333. The molecule has 1 aromatic carbocycles. The first-order valence-electron chi connectivity index (χ1n) is 7.74. The Kier molecular flexibility index (Phi) is 6.58. The zero-order valence-electron chi connectivity index (χ0n) is 13.7. The van der Waals surface area contributed by atoms with E-state index in [1.165, 1.54) is 10.6 Å². The number of methoxy groups -OCH3 is 1. The van der Waals surface area contributed by atoms with Gasteiger partial charge in [-0.15, -0.1) is 0 Å². The van der Waals surface area contributed by atoms with E-state index in [4.69, 9.17) is 16.3 Å². The van der Waals surface area contributed by atoms with Crippen LogP contribution >= 0.6 is 11.6 Å². The van der Waals surface area contributed by atoms with Crippen LogP contribution in [0.25, 0.3) is 0 Å². The molecule has 128 valence electrons. The van der Waals surface area contributed by atoms with Crippen molar-refractivity contribution in [2.24, 2.45) is 0 Å². The second-order valence-electron chi connectivity index (χ2n) is 5.55. The van der Waals surface area contributed by atoms with Gasteiger partial charge in [-0.1, -0.05) is 29.8 Å². The third-order valence-corrected chi connectivity index (χ3v) is 4.03. The molecule has 0 aliphatic carbocycles. The van der Waals surface area contributed by atoms with E-state index in [0.717, 1.165) is 5.56 Å². The largest absolute Gasteiger partial charge is 0.375 e. The summed E-state index contributed by atoms with van der Waals surface area (Å²) in [7, 11) is 1.60. The van der Waals surface area contributed by atoms with Crippen molar-refractivity contribution >= 4 is 17.5 Å². The average molecular weight is 349 g/mol. The molecule has 2 aromatic rings. The number of rotatable bonds is 7. The topological polar surface area (TPSA) is 60.3 Å². The minimum atomic E-state index is -0.273. The molecule has 0 fully saturated rings. The van der Waals surface area contributed by atoms with Gasteiger partial charge in [-0.2, -0.15) is 0 Å². The van der Waals surface area contributed by atoms with Crippen LogP contribution in [0.3, 0.4) is 0 Å². The van der Waals surface area contributed by atoms with Crippen molar-refractivity contribution in [3.8, 4) is 0 Å². The summed E-state index contributed by atoms with van der Waals surface area (Å²) in [6, 6.07) is 12.0. The normalized spacial score (nSPS) is 13.3. The molecule has 2 rings (SSSR count). The first kappa shape index (κ1) is 18.2. The molecular formula is C18H21ClN2O3. The lowest BCUT2D eigenvalue weighted by molar-refractivity contribution is -0.122. The van der Waals surface area contributed by atoms with Gasteiger partial charge in [0.25, 0.3) is 5.56 Å². The highest BCUT2D eigenvalue weighted by molar-refractivity contribution is 6.30. The van der Waals surface area contributed by atoms with Crippen LogP contribution in [-0.4, -0.2) is 23.6 Å². The standard InChI is InChI=1S/C18H21ClN2O3/c1-13(18(24-2)14-6-8-15(19)9-7-14)20-16(22)10-12-21-11-4-3-5-17(21)23/h3-9,11,13,18H,10,12H2,1-2H3,(H,20,22)/t13-,18+/m0/s1. The molecule has 0 aliphatic heterocycles. The highest BCUT2D eigenvalue weighted by atomic mass is 35.5. The monoisotopic (exact) mass is 348 g/mol. The van der Waals surface area contributed by atoms with Crippen LogP contribution in [0.5, 0.6) is 0 Å². The van der Waals surface area contributed by atoms with Gasteiger partial charge in [0.2, 0.25) is 5.91 Å². The van der Waals surface area contributed by atoms with Crippen molar-refractivity contribution in [1.29, 1.82) is 0 Å². The van der Waals surface area contributed by atoms with Crippen LogP contribution in [0.2, 0.25) is 5.02 Å². The van der Waals surface area contributed by atoms with Crippen molar-refractivity contribution in [1.82, 2.24) is 9.88 Å². The summed E-state index contributed by atoms with van der Waals surface area (Å²) in [5, 5.41) is 3.57. The Morgan fingerprint density at radius 2 is 1.96 bits per heavy atom. The Labute approximate surface area is 146 Å². The maximum atomic E-state index is 12.1. The number of nitrogens with one attached hydrogen (secondary N) is 1. The van der Waals surface area contributed by atoms with Gasteiger partial charge in [-0.05, 0) is 30.7 Å². The Bertz CT molecular complexity index is 728. The summed E-state index contributed by atoms with van der Waals surface area (Å²) in [5.74, 6) is -0.130. The lowest BCUT2D eigenvalue weighted by Gasteiger charge is -2.24. The molecule has 1 aromatic heterocycles. The molecule has 0 radical (unpaired) electrons. The molecule has 1 amide bonds. The maximum absolute atomic E-state index is 12.1. The van der Waals surface area contributed by atoms with Gasteiger partial charge in [0.15, 0.2) is 0 Å². The SMILES string of the molecule is CO[C@@H](c1ccc(Cl)cc1)[C@H](C)NC(=O)CCn1ccccc1=O. The van der Waals surface area contributed by atoms with Crippen LogP contribution in [0, 0.1) is 0 Å². The van der Waals surface area contributed by atoms with Crippen molar-refractivity contribution in [3.63, 3.8) is 0 Å². The molecule has 24 heavy (non-hydrogen) atoms. The number of aryl methyl sites for hydroxylation is 1. The Morgan fingerprint density at radius 3 is 2.58 bits per heavy atom. The zero-order chi connectivity index (χ0) is 17.5. The van der Waals surface area contributed by atoms with Gasteiger partial charge in [0.1, 0.15) is 6.10 Å². The smallest absolute Gasteiger partial charge is 0.250 e. The zero-order valence-corrected chi connectivity index (χ0v) is 14.5. The fourth-order valence-electron chi connectivity index (χ4n) is 2.55. The van der Waals surface area contributed by atoms with Gasteiger partial charge in [-0.3, -0.25) is 9.59 Å². The van der Waals surface area contributed by atoms with Gasteiger partial charge in [0, 0.05) is 37.4 Å². The molecule has 0 aliphatic rings. The molecule has 1 N–H and O–H groups in total. The minimum Gasteiger partial charge on any atom is -0.375 e. The number of ether oxygens (including phenoxy) is 1. The average Bonchev–Trinajstić information content (AvgIpc) is 2.56. The van der Waals surface area contributed by atoms with Crippen LogP contribution in [0.15, 0.2) is 53.5 Å². The molecule has 6 heteroatoms. The molecule has 0 unspecified atom stereocenters. The van der Waals surface area contributed by atoms with Crippen molar-refractivity contribution in [2.45, 2.75) is 32.0 Å². The molecule has 5 nitrogen and oxygen atoms in total. The highest BCUT2D eigenvalue weighted by Crippen LogP contribution is 2.22. The van der Waals surface area contributed by atoms with E-state index in [9.17, 15) is 9.59 Å². The lowest BCUT2D eigenvalue weighted by atomic mass is 10.0. The van der Waals surface area contributed by atoms with Crippen molar-refractivity contribution in [3.05, 3.63) is 69.6 Å². The highest BCUT2D eigenvalue weighted by Gasteiger charge is 2.20. The van der Waals surface area contributed by atoms with E-state index in [2.05, 4.69) is 5.32 Å². The summed E-state index contributed by atoms with van der Waals surface area (Å²) in [4.78, 5) is 23.8. The number of aromatic nitrogens is 1. The summed E-state index contributed by atoms with van der Waals surface area (Å²) in [5.41, 5.74) is 0.822. The van der Waals surface area contributed by atoms with E-state index in [0.29, 0.717) is 11.6 Å². The van der Waals surface area contributed by atoms with E-state index < -0.39 is 0 Å². The first-order valence-corrected chi connectivity index (χ1v) is 8.12. The molecule has 0 spiro atoms. The Hall–Kier alpha value is -2.11. The molecule has 0 bridgehead atoms. The second-order valence-corrected chi connectivity index (χ2v) is 5.98. The Balaban J connectivity index is 1.93. The second kappa shape index (κ2) is 8.66. The molecule has 2 atom stereocenters. The first-order chi connectivity index (χ1) is 11.5. The number of carbonyl (C=O) groups excluding carboxylic acids is 1. The van der Waals surface area contributed by atoms with Crippen LogP contribution in [0.4, 0.5) is 0 Å². The third-order valence-electron chi connectivity index (χ3n) is 3.77. The third kappa shape index (κ3) is 4.94. The van der Waals surface area contributed by atoms with E-state index in [1.54, 1.807) is 37.6 Å². The van der Waals surface area contributed by atoms with Crippen molar-refractivity contribution in [2.75, 3.05) is 7.11 Å². The van der Waals surface area contributed by atoms with Gasteiger partial charge >= 0.3 is 0 Å². The van der Waals surface area contributed by atoms with Crippen LogP contribution in [0.1, 0.15) is 25.0 Å². The molecule has 0 saturated carbocycles. The number of benzene rings is 1. The number of amides is 1. The number of carbonyl (C=O) groups is 1.